The molecule has 0 spiro atoms. The van der Waals surface area contributed by atoms with Crippen LogP contribution in [-0.4, -0.2) is 52.7 Å². The second-order valence-electron chi connectivity index (χ2n) is 19.0. The highest BCUT2D eigenvalue weighted by atomic mass is 16.5. The van der Waals surface area contributed by atoms with Gasteiger partial charge >= 0.3 is 11.9 Å². The van der Waals surface area contributed by atoms with Crippen molar-refractivity contribution < 1.29 is 29.3 Å². The number of aliphatic carboxylic acids is 1. The third kappa shape index (κ3) is 6.35. The Morgan fingerprint density at radius 1 is 0.958 bits per heavy atom. The summed E-state index contributed by atoms with van der Waals surface area (Å²) in [6.07, 6.45) is 12.5. The van der Waals surface area contributed by atoms with Crippen LogP contribution in [0.2, 0.25) is 0 Å². The molecule has 0 heterocycles. The van der Waals surface area contributed by atoms with Gasteiger partial charge in [-0.15, -0.1) is 0 Å². The molecule has 7 nitrogen and oxygen atoms in total. The van der Waals surface area contributed by atoms with Crippen molar-refractivity contribution in [2.24, 2.45) is 50.7 Å². The summed E-state index contributed by atoms with van der Waals surface area (Å²) in [5, 5.41) is 25.2. The third-order valence-corrected chi connectivity index (χ3v) is 15.0. The van der Waals surface area contributed by atoms with Crippen LogP contribution >= 0.6 is 0 Å². The van der Waals surface area contributed by atoms with Gasteiger partial charge in [0.25, 0.3) is 0 Å². The second-order valence-corrected chi connectivity index (χ2v) is 19.0. The predicted octanol–water partition coefficient (Wildman–Crippen LogP) is 8.27. The molecule has 8 unspecified atom stereocenters. The number of carboxylic acids is 1. The smallest absolute Gasteiger partial charge is 0.309 e. The van der Waals surface area contributed by atoms with Crippen molar-refractivity contribution in [2.45, 2.75) is 170 Å². The van der Waals surface area contributed by atoms with E-state index in [1.54, 1.807) is 13.8 Å². The molecular formula is C41H67NO6. The Bertz CT molecular complexity index is 1280. The molecule has 0 amide bonds. The van der Waals surface area contributed by atoms with E-state index in [9.17, 15) is 24.6 Å². The molecule has 5 aliphatic rings. The molecule has 5 rings (SSSR count). The molecule has 0 radical (unpaired) electrons. The number of carbonyl (C=O) groups excluding carboxylic acids is 2. The van der Waals surface area contributed by atoms with Gasteiger partial charge in [0.1, 0.15) is 6.10 Å². The number of esters is 1. The first-order valence-electron chi connectivity index (χ1n) is 19.4. The van der Waals surface area contributed by atoms with Gasteiger partial charge in [0.15, 0.2) is 5.78 Å². The van der Waals surface area contributed by atoms with Crippen LogP contribution in [0.1, 0.15) is 152 Å². The fraction of sp³-hybridized carbons (Fsp3) is 0.878. The Kier molecular flexibility index (Phi) is 10.5. The Morgan fingerprint density at radius 3 is 2.23 bits per heavy atom. The summed E-state index contributed by atoms with van der Waals surface area (Å²) in [4.78, 5) is 38.4. The highest BCUT2D eigenvalue weighted by Gasteiger charge is 2.67. The van der Waals surface area contributed by atoms with Gasteiger partial charge in [0.2, 0.25) is 0 Å². The lowest BCUT2D eigenvalue weighted by molar-refractivity contribution is -0.178. The van der Waals surface area contributed by atoms with Crippen LogP contribution in [0.15, 0.2) is 11.1 Å². The maximum atomic E-state index is 13.9. The van der Waals surface area contributed by atoms with Crippen LogP contribution in [0, 0.1) is 50.7 Å². The summed E-state index contributed by atoms with van der Waals surface area (Å²) in [6.45, 7) is 19.8. The average molecular weight is 670 g/mol. The number of fused-ring (bicyclic) bond motifs is 5. The zero-order valence-electron chi connectivity index (χ0n) is 31.7. The van der Waals surface area contributed by atoms with E-state index < -0.39 is 28.9 Å². The van der Waals surface area contributed by atoms with Gasteiger partial charge in [-0.2, -0.15) is 0 Å². The van der Waals surface area contributed by atoms with Crippen molar-refractivity contribution in [3.8, 4) is 0 Å². The number of ketones is 1. The molecule has 48 heavy (non-hydrogen) atoms. The number of nitrogens with one attached hydrogen (secondary N) is 1. The fourth-order valence-corrected chi connectivity index (χ4v) is 11.6. The number of hydrogen-bond acceptors (Lipinski definition) is 6. The lowest BCUT2D eigenvalue weighted by Gasteiger charge is -2.68. The fourth-order valence-electron chi connectivity index (χ4n) is 11.6. The van der Waals surface area contributed by atoms with E-state index in [4.69, 9.17) is 4.74 Å². The van der Waals surface area contributed by atoms with Gasteiger partial charge < -0.3 is 20.3 Å². The minimum Gasteiger partial charge on any atom is -0.481 e. The number of allylic oxidation sites excluding steroid dienone is 1. The van der Waals surface area contributed by atoms with Crippen LogP contribution in [0.3, 0.4) is 0 Å². The molecule has 3 N–H and O–H groups in total. The zero-order chi connectivity index (χ0) is 35.4. The lowest BCUT2D eigenvalue weighted by Crippen LogP contribution is -2.62. The predicted molar refractivity (Wildman–Crippen MR) is 189 cm³/mol. The number of ether oxygens (including phenoxy) is 1. The Morgan fingerprint density at radius 2 is 1.65 bits per heavy atom. The van der Waals surface area contributed by atoms with E-state index >= 15 is 0 Å². The Hall–Kier alpha value is -1.73. The molecule has 0 aliphatic heterocycles. The summed E-state index contributed by atoms with van der Waals surface area (Å²) < 4.78 is 6.00. The van der Waals surface area contributed by atoms with Crippen molar-refractivity contribution in [1.82, 2.24) is 5.32 Å². The van der Waals surface area contributed by atoms with Crippen LogP contribution in [0.5, 0.6) is 0 Å². The SMILES string of the molecule is CC(C)C1=C2C3CCC4C(C)(CCC(OC(=O)CC(C)(C)C(=O)O)C(C)C)CCCC4(C)C3(C)CCC2(C(O)CNC2CCC2)CC1=O. The first-order chi connectivity index (χ1) is 22.3. The molecule has 7 heteroatoms. The largest absolute Gasteiger partial charge is 0.481 e. The molecule has 0 saturated heterocycles. The monoisotopic (exact) mass is 669 g/mol. The Balaban J connectivity index is 1.39. The summed E-state index contributed by atoms with van der Waals surface area (Å²) in [7, 11) is 0. The molecule has 0 aromatic carbocycles. The molecule has 4 fully saturated rings. The summed E-state index contributed by atoms with van der Waals surface area (Å²) in [6, 6.07) is 0.503. The number of Topliss-reactive ketones (excluding diaryl/α,β-unsaturated/α-hetero) is 1. The van der Waals surface area contributed by atoms with Gasteiger partial charge in [-0.25, -0.2) is 0 Å². The van der Waals surface area contributed by atoms with E-state index in [-0.39, 0.29) is 46.4 Å². The summed E-state index contributed by atoms with van der Waals surface area (Å²) in [5.41, 5.74) is 1.00. The highest BCUT2D eigenvalue weighted by Crippen LogP contribution is 2.74. The number of carboxylic acid groups (broad SMARTS) is 1. The molecular weight excluding hydrogens is 602 g/mol. The van der Waals surface area contributed by atoms with Crippen LogP contribution in [0.25, 0.3) is 0 Å². The van der Waals surface area contributed by atoms with E-state index in [0.717, 1.165) is 50.5 Å². The molecule has 0 bridgehead atoms. The summed E-state index contributed by atoms with van der Waals surface area (Å²) in [5.74, 6) is -0.0187. The number of aliphatic hydroxyl groups excluding tert-OH is 1. The normalized spacial score (nSPS) is 36.7. The zero-order valence-corrected chi connectivity index (χ0v) is 31.7. The summed E-state index contributed by atoms with van der Waals surface area (Å²) >= 11 is 0. The topological polar surface area (TPSA) is 113 Å². The van der Waals surface area contributed by atoms with Gasteiger partial charge in [0, 0.05) is 24.4 Å². The molecule has 0 aromatic heterocycles. The quantitative estimate of drug-likeness (QED) is 0.169. The van der Waals surface area contributed by atoms with Crippen LogP contribution < -0.4 is 5.32 Å². The van der Waals surface area contributed by atoms with Crippen molar-refractivity contribution in [2.75, 3.05) is 6.54 Å². The molecule has 0 aromatic rings. The van der Waals surface area contributed by atoms with Crippen LogP contribution in [-0.2, 0) is 19.1 Å². The first-order valence-corrected chi connectivity index (χ1v) is 19.4. The van der Waals surface area contributed by atoms with Gasteiger partial charge in [0.05, 0.1) is 17.9 Å². The average Bonchev–Trinajstić information content (AvgIpc) is 3.27. The van der Waals surface area contributed by atoms with Crippen molar-refractivity contribution in [1.29, 1.82) is 0 Å². The molecule has 5 aliphatic carbocycles. The van der Waals surface area contributed by atoms with Crippen molar-refractivity contribution in [3.63, 3.8) is 0 Å². The van der Waals surface area contributed by atoms with E-state index in [2.05, 4.69) is 53.8 Å². The Labute approximate surface area is 290 Å². The first kappa shape index (κ1) is 37.5. The number of hydrogen-bond donors (Lipinski definition) is 3. The van der Waals surface area contributed by atoms with Crippen molar-refractivity contribution >= 4 is 17.7 Å². The van der Waals surface area contributed by atoms with E-state index in [0.29, 0.717) is 30.8 Å². The van der Waals surface area contributed by atoms with Gasteiger partial charge in [-0.05, 0) is 124 Å². The molecule has 8 atom stereocenters. The maximum Gasteiger partial charge on any atom is 0.309 e. The molecule has 272 valence electrons. The maximum absolute atomic E-state index is 13.9. The number of carbonyl (C=O) groups is 3. The minimum atomic E-state index is -1.15. The minimum absolute atomic E-state index is 0.0364. The molecule has 4 saturated carbocycles. The van der Waals surface area contributed by atoms with Gasteiger partial charge in [-0.3, -0.25) is 14.4 Å². The van der Waals surface area contributed by atoms with E-state index in [1.165, 1.54) is 37.7 Å². The number of aliphatic hydroxyl groups is 1. The van der Waals surface area contributed by atoms with Crippen molar-refractivity contribution in [3.05, 3.63) is 11.1 Å². The lowest BCUT2D eigenvalue weighted by atomic mass is 9.36. The second kappa shape index (κ2) is 13.4. The highest BCUT2D eigenvalue weighted by molar-refractivity contribution is 6.00. The van der Waals surface area contributed by atoms with E-state index in [1.807, 2.05) is 0 Å². The van der Waals surface area contributed by atoms with Gasteiger partial charge in [-0.1, -0.05) is 66.9 Å². The van der Waals surface area contributed by atoms with Crippen LogP contribution in [0.4, 0.5) is 0 Å². The standard InChI is InChI=1S/C41H67NO6/c1-25(2)30(48-33(45)23-37(5,6)36(46)47)16-19-38(7)17-11-18-40(9)31(38)15-14-28-35-34(26(3)4)29(43)22-41(35,21-20-39(28,40)8)32(44)24-42-27-12-10-13-27/h25-28,30-32,42,44H,10-24H2,1-9H3,(H,46,47). The number of rotatable bonds is 13. The third-order valence-electron chi connectivity index (χ3n) is 15.0.